The summed E-state index contributed by atoms with van der Waals surface area (Å²) < 4.78 is 4.45. The molecule has 3 atom stereocenters. The lowest BCUT2D eigenvalue weighted by molar-refractivity contribution is -0.170. The zero-order chi connectivity index (χ0) is 25.9. The number of thioether (sulfide) groups is 1. The second kappa shape index (κ2) is 9.29. The van der Waals surface area contributed by atoms with Crippen molar-refractivity contribution in [2.24, 2.45) is 7.05 Å². The van der Waals surface area contributed by atoms with E-state index in [1.807, 2.05) is 33.1 Å². The molecule has 0 radical (unpaired) electrons. The summed E-state index contributed by atoms with van der Waals surface area (Å²) in [5.74, 6) is -1.24. The van der Waals surface area contributed by atoms with E-state index in [-0.39, 0.29) is 24.4 Å². The van der Waals surface area contributed by atoms with Gasteiger partial charge in [0.15, 0.2) is 0 Å². The first-order valence-electron chi connectivity index (χ1n) is 11.7. The molecule has 0 spiro atoms. The molecule has 11 nitrogen and oxygen atoms in total. The molecule has 0 bridgehead atoms. The van der Waals surface area contributed by atoms with Crippen LogP contribution in [0.1, 0.15) is 48.3 Å². The zero-order valence-electron chi connectivity index (χ0n) is 20.7. The van der Waals surface area contributed by atoms with Crippen LogP contribution in [0.2, 0.25) is 0 Å². The number of rotatable bonds is 5. The molecule has 1 amide bonds. The Bertz CT molecular complexity index is 1440. The normalized spacial score (nSPS) is 21.5. The van der Waals surface area contributed by atoms with Gasteiger partial charge in [-0.2, -0.15) is 5.10 Å². The van der Waals surface area contributed by atoms with Gasteiger partial charge in [0.25, 0.3) is 11.5 Å². The molecule has 3 aromatic heterocycles. The summed E-state index contributed by atoms with van der Waals surface area (Å²) in [6, 6.07) is -0.207. The second-order valence-electron chi connectivity index (χ2n) is 9.39. The van der Waals surface area contributed by atoms with Crippen molar-refractivity contribution in [3.63, 3.8) is 0 Å². The van der Waals surface area contributed by atoms with E-state index < -0.39 is 29.2 Å². The summed E-state index contributed by atoms with van der Waals surface area (Å²) >= 11 is 2.86. The first kappa shape index (κ1) is 24.9. The third-order valence-electron chi connectivity index (χ3n) is 6.70. The minimum atomic E-state index is -0.846. The predicted molar refractivity (Wildman–Crippen MR) is 135 cm³/mol. The molecule has 1 saturated heterocycles. The standard InChI is InChI=1S/C23H28N6O5S2/c1-11(2)28-21-18(19(31)26(5)23(28)33)17(20(32)27-9-14(30)10-34-27)16(36-21)8-15-12(3)25-29(13(15)4)22-24-6-7-35-22/h6-7,11,14,16-17,30H,8-10H2,1-5H3/t14-,16?,17?/m0/s1. The number of carbonyl (C=O) groups excluding carboxylic acids is 1. The van der Waals surface area contributed by atoms with E-state index in [9.17, 15) is 19.5 Å². The van der Waals surface area contributed by atoms with Crippen LogP contribution in [0.4, 0.5) is 0 Å². The van der Waals surface area contributed by atoms with Crippen LogP contribution >= 0.6 is 23.1 Å². The number of fused-ring (bicyclic) bond motifs is 1. The van der Waals surface area contributed by atoms with Gasteiger partial charge in [0, 0.05) is 35.6 Å². The van der Waals surface area contributed by atoms with Gasteiger partial charge in [-0.3, -0.25) is 23.6 Å². The van der Waals surface area contributed by atoms with Crippen LogP contribution in [0.25, 0.3) is 5.13 Å². The molecule has 2 unspecified atom stereocenters. The number of aliphatic hydroxyl groups is 1. The Labute approximate surface area is 215 Å². The van der Waals surface area contributed by atoms with Crippen LogP contribution in [0, 0.1) is 13.8 Å². The first-order chi connectivity index (χ1) is 17.1. The summed E-state index contributed by atoms with van der Waals surface area (Å²) in [6.45, 7) is 7.69. The van der Waals surface area contributed by atoms with Gasteiger partial charge in [-0.05, 0) is 39.7 Å². The third-order valence-corrected chi connectivity index (χ3v) is 8.83. The molecule has 36 heavy (non-hydrogen) atoms. The van der Waals surface area contributed by atoms with Gasteiger partial charge in [0.2, 0.25) is 5.13 Å². The lowest BCUT2D eigenvalue weighted by Crippen LogP contribution is -2.44. The maximum absolute atomic E-state index is 13.8. The highest BCUT2D eigenvalue weighted by Gasteiger charge is 2.47. The quantitative estimate of drug-likeness (QED) is 0.488. The number of hydrogen-bond donors (Lipinski definition) is 1. The fourth-order valence-corrected chi connectivity index (χ4v) is 7.19. The van der Waals surface area contributed by atoms with E-state index in [0.717, 1.165) is 31.7 Å². The van der Waals surface area contributed by atoms with E-state index >= 15 is 0 Å². The summed E-state index contributed by atoms with van der Waals surface area (Å²) in [4.78, 5) is 50.0. The molecule has 13 heteroatoms. The van der Waals surface area contributed by atoms with Crippen molar-refractivity contribution in [1.29, 1.82) is 0 Å². The van der Waals surface area contributed by atoms with Crippen molar-refractivity contribution < 1.29 is 14.7 Å². The molecular weight excluding hydrogens is 504 g/mol. The van der Waals surface area contributed by atoms with E-state index in [4.69, 9.17) is 4.84 Å². The zero-order valence-corrected chi connectivity index (χ0v) is 22.3. The average Bonchev–Trinajstić information content (AvgIpc) is 3.61. The lowest BCUT2D eigenvalue weighted by Gasteiger charge is -2.23. The molecule has 2 aliphatic rings. The maximum atomic E-state index is 13.8. The van der Waals surface area contributed by atoms with Crippen molar-refractivity contribution in [3.8, 4) is 5.13 Å². The number of β-amino-alcohol motifs (C(OH)–C–C–N with tert-alkyl or cyclic N) is 1. The molecule has 192 valence electrons. The Kier molecular flexibility index (Phi) is 6.43. The lowest BCUT2D eigenvalue weighted by atomic mass is 9.92. The van der Waals surface area contributed by atoms with Crippen molar-refractivity contribution in [3.05, 3.63) is 54.9 Å². The molecule has 0 saturated carbocycles. The Morgan fingerprint density at radius 1 is 1.31 bits per heavy atom. The molecule has 2 aliphatic heterocycles. The number of nitrogens with zero attached hydrogens (tertiary/aromatic N) is 6. The van der Waals surface area contributed by atoms with Crippen molar-refractivity contribution in [2.45, 2.75) is 62.5 Å². The van der Waals surface area contributed by atoms with Gasteiger partial charge < -0.3 is 5.11 Å². The van der Waals surface area contributed by atoms with Crippen LogP contribution < -0.4 is 11.2 Å². The number of thiazole rings is 1. The largest absolute Gasteiger partial charge is 0.389 e. The molecule has 5 rings (SSSR count). The fourth-order valence-electron chi connectivity index (χ4n) is 4.88. The number of aryl methyl sites for hydroxylation is 1. The number of aromatic nitrogens is 5. The Morgan fingerprint density at radius 3 is 2.67 bits per heavy atom. The van der Waals surface area contributed by atoms with Crippen LogP contribution in [-0.2, 0) is 23.1 Å². The number of aliphatic hydroxyl groups excluding tert-OH is 1. The van der Waals surface area contributed by atoms with Crippen molar-refractivity contribution in [2.75, 3.05) is 13.2 Å². The highest BCUT2D eigenvalue weighted by atomic mass is 32.2. The number of amides is 1. The number of hydrogen-bond acceptors (Lipinski definition) is 9. The number of carbonyl (C=O) groups is 1. The second-order valence-corrected chi connectivity index (χ2v) is 11.5. The van der Waals surface area contributed by atoms with Crippen molar-refractivity contribution in [1.82, 2.24) is 29.0 Å². The molecule has 0 aliphatic carbocycles. The van der Waals surface area contributed by atoms with Crippen LogP contribution in [-0.4, -0.2) is 64.5 Å². The average molecular weight is 533 g/mol. The van der Waals surface area contributed by atoms with Gasteiger partial charge in [-0.25, -0.2) is 19.5 Å². The van der Waals surface area contributed by atoms with E-state index in [0.29, 0.717) is 17.0 Å². The number of hydroxylamine groups is 2. The van der Waals surface area contributed by atoms with Gasteiger partial charge in [0.1, 0.15) is 6.61 Å². The molecule has 1 fully saturated rings. The molecule has 1 N–H and O–H groups in total. The third kappa shape index (κ3) is 3.94. The van der Waals surface area contributed by atoms with Crippen molar-refractivity contribution >= 4 is 29.0 Å². The van der Waals surface area contributed by atoms with Gasteiger partial charge in [-0.1, -0.05) is 0 Å². The Morgan fingerprint density at radius 2 is 2.06 bits per heavy atom. The van der Waals surface area contributed by atoms with Crippen LogP contribution in [0.15, 0.2) is 26.2 Å². The van der Waals surface area contributed by atoms with E-state index in [2.05, 4.69) is 10.1 Å². The summed E-state index contributed by atoms with van der Waals surface area (Å²) in [5.41, 5.74) is 2.10. The van der Waals surface area contributed by atoms with Crippen LogP contribution in [0.5, 0.6) is 0 Å². The monoisotopic (exact) mass is 532 g/mol. The first-order valence-corrected chi connectivity index (χ1v) is 13.5. The predicted octanol–water partition coefficient (Wildman–Crippen LogP) is 1.32. The van der Waals surface area contributed by atoms with Crippen LogP contribution in [0.3, 0.4) is 0 Å². The molecule has 0 aromatic carbocycles. The van der Waals surface area contributed by atoms with Gasteiger partial charge in [-0.15, -0.1) is 23.1 Å². The fraction of sp³-hybridized carbons (Fsp3) is 0.522. The highest BCUT2D eigenvalue weighted by Crippen LogP contribution is 2.47. The van der Waals surface area contributed by atoms with E-state index in [1.54, 1.807) is 15.4 Å². The Balaban J connectivity index is 1.62. The van der Waals surface area contributed by atoms with Gasteiger partial charge in [0.05, 0.1) is 34.8 Å². The smallest absolute Gasteiger partial charge is 0.331 e. The molecule has 5 heterocycles. The summed E-state index contributed by atoms with van der Waals surface area (Å²) in [5, 5.41) is 18.6. The topological polar surface area (TPSA) is 124 Å². The van der Waals surface area contributed by atoms with Gasteiger partial charge >= 0.3 is 5.69 Å². The maximum Gasteiger partial charge on any atom is 0.331 e. The molecular formula is C23H28N6O5S2. The molecule has 3 aromatic rings. The van der Waals surface area contributed by atoms with E-state index in [1.165, 1.54) is 30.1 Å². The SMILES string of the molecule is Cc1nn(-c2nccs2)c(C)c1CC1Sc2c(c(=O)n(C)c(=O)n2C(C)C)C1C(=O)N1C[C@H](O)CO1. The highest BCUT2D eigenvalue weighted by molar-refractivity contribution is 8.00. The summed E-state index contributed by atoms with van der Waals surface area (Å²) in [7, 11) is 1.44. The minimum Gasteiger partial charge on any atom is -0.389 e. The minimum absolute atomic E-state index is 0.0193. The summed E-state index contributed by atoms with van der Waals surface area (Å²) in [6.07, 6.45) is 1.39. The Hall–Kier alpha value is -2.74.